The Morgan fingerprint density at radius 2 is 1.84 bits per heavy atom. The van der Waals surface area contributed by atoms with Gasteiger partial charge >= 0.3 is 5.97 Å². The van der Waals surface area contributed by atoms with Crippen molar-refractivity contribution in [2.45, 2.75) is 44.6 Å². The molecule has 0 unspecified atom stereocenters. The number of carbonyl (C=O) groups is 1. The molecular formula is C15H22N2O2. The molecule has 0 radical (unpaired) electrons. The summed E-state index contributed by atoms with van der Waals surface area (Å²) in [6.07, 6.45) is 6.97. The highest BCUT2D eigenvalue weighted by Crippen LogP contribution is 2.30. The molecule has 0 bridgehead atoms. The van der Waals surface area contributed by atoms with E-state index in [0.717, 1.165) is 18.5 Å². The number of hydrogen-bond donors (Lipinski definition) is 2. The van der Waals surface area contributed by atoms with Crippen molar-refractivity contribution in [3.05, 3.63) is 24.3 Å². The first-order valence-electron chi connectivity index (χ1n) is 7.01. The van der Waals surface area contributed by atoms with E-state index >= 15 is 0 Å². The summed E-state index contributed by atoms with van der Waals surface area (Å²) in [6.45, 7) is 0.0267. The summed E-state index contributed by atoms with van der Waals surface area (Å²) >= 11 is 0. The predicted molar refractivity (Wildman–Crippen MR) is 77.3 cm³/mol. The van der Waals surface area contributed by atoms with E-state index in [-0.39, 0.29) is 6.54 Å². The molecule has 0 aromatic heterocycles. The highest BCUT2D eigenvalue weighted by atomic mass is 16.4. The summed E-state index contributed by atoms with van der Waals surface area (Å²) in [4.78, 5) is 13.1. The van der Waals surface area contributed by atoms with Crippen molar-refractivity contribution in [1.82, 2.24) is 0 Å². The maximum atomic E-state index is 11.1. The standard InChI is InChI=1S/C15H22N2O2/c16-13-9-5-6-10-14(13)17(11-15(18)19)12-7-3-1-2-4-8-12/h5-6,9-10,12H,1-4,7-8,11,16H2,(H,18,19). The second-order valence-electron chi connectivity index (χ2n) is 5.23. The molecule has 1 saturated carbocycles. The van der Waals surface area contributed by atoms with Crippen molar-refractivity contribution in [2.24, 2.45) is 0 Å². The Bertz CT molecular complexity index is 426. The Morgan fingerprint density at radius 1 is 1.21 bits per heavy atom. The number of anilines is 2. The first-order valence-corrected chi connectivity index (χ1v) is 7.01. The molecule has 4 heteroatoms. The van der Waals surface area contributed by atoms with Gasteiger partial charge in [0.15, 0.2) is 0 Å². The van der Waals surface area contributed by atoms with Crippen LogP contribution in [0.3, 0.4) is 0 Å². The van der Waals surface area contributed by atoms with Gasteiger partial charge in [-0.1, -0.05) is 37.8 Å². The van der Waals surface area contributed by atoms with Gasteiger partial charge in [0, 0.05) is 6.04 Å². The Morgan fingerprint density at radius 3 is 2.42 bits per heavy atom. The Balaban J connectivity index is 2.24. The molecule has 3 N–H and O–H groups in total. The molecule has 0 saturated heterocycles. The number of carboxylic acid groups (broad SMARTS) is 1. The van der Waals surface area contributed by atoms with E-state index in [1.165, 1.54) is 25.7 Å². The van der Waals surface area contributed by atoms with E-state index in [4.69, 9.17) is 10.8 Å². The van der Waals surface area contributed by atoms with Gasteiger partial charge in [-0.3, -0.25) is 4.79 Å². The van der Waals surface area contributed by atoms with Gasteiger partial charge in [0.2, 0.25) is 0 Å². The van der Waals surface area contributed by atoms with Crippen LogP contribution >= 0.6 is 0 Å². The highest BCUT2D eigenvalue weighted by Gasteiger charge is 2.23. The van der Waals surface area contributed by atoms with Crippen LogP contribution in [0.2, 0.25) is 0 Å². The molecule has 0 amide bonds. The zero-order valence-corrected chi connectivity index (χ0v) is 11.2. The number of rotatable bonds is 4. The quantitative estimate of drug-likeness (QED) is 0.647. The van der Waals surface area contributed by atoms with E-state index in [1.807, 2.05) is 29.2 Å². The minimum absolute atomic E-state index is 0.0267. The van der Waals surface area contributed by atoms with E-state index in [9.17, 15) is 4.79 Å². The molecule has 0 heterocycles. The largest absolute Gasteiger partial charge is 0.480 e. The van der Waals surface area contributed by atoms with Gasteiger partial charge in [0.1, 0.15) is 6.54 Å². The Labute approximate surface area is 114 Å². The molecule has 1 aromatic rings. The van der Waals surface area contributed by atoms with Gasteiger partial charge in [0.05, 0.1) is 11.4 Å². The fourth-order valence-electron chi connectivity index (χ4n) is 2.88. The van der Waals surface area contributed by atoms with E-state index < -0.39 is 5.97 Å². The van der Waals surface area contributed by atoms with Gasteiger partial charge in [-0.15, -0.1) is 0 Å². The van der Waals surface area contributed by atoms with Crippen LogP contribution in [0.4, 0.5) is 11.4 Å². The average molecular weight is 262 g/mol. The minimum atomic E-state index is -0.799. The third-order valence-electron chi connectivity index (χ3n) is 3.82. The number of nitrogen functional groups attached to an aromatic ring is 1. The maximum Gasteiger partial charge on any atom is 0.323 e. The van der Waals surface area contributed by atoms with Crippen LogP contribution in [0, 0.1) is 0 Å². The summed E-state index contributed by atoms with van der Waals surface area (Å²) in [5.41, 5.74) is 7.53. The number of carboxylic acids is 1. The van der Waals surface area contributed by atoms with E-state index in [1.54, 1.807) is 0 Å². The number of benzene rings is 1. The second-order valence-corrected chi connectivity index (χ2v) is 5.23. The zero-order chi connectivity index (χ0) is 13.7. The van der Waals surface area contributed by atoms with Crippen molar-refractivity contribution in [2.75, 3.05) is 17.2 Å². The number of aliphatic carboxylic acids is 1. The fraction of sp³-hybridized carbons (Fsp3) is 0.533. The van der Waals surface area contributed by atoms with Crippen LogP contribution in [-0.2, 0) is 4.79 Å². The number of para-hydroxylation sites is 2. The molecule has 1 aliphatic carbocycles. The normalized spacial score (nSPS) is 16.8. The molecule has 1 aliphatic rings. The number of nitrogens with two attached hydrogens (primary N) is 1. The molecule has 1 fully saturated rings. The summed E-state index contributed by atoms with van der Waals surface area (Å²) in [6, 6.07) is 7.84. The van der Waals surface area contributed by atoms with Crippen molar-refractivity contribution >= 4 is 17.3 Å². The fourth-order valence-corrected chi connectivity index (χ4v) is 2.88. The molecule has 2 rings (SSSR count). The second kappa shape index (κ2) is 6.45. The summed E-state index contributed by atoms with van der Waals surface area (Å²) in [7, 11) is 0. The Hall–Kier alpha value is -1.71. The molecule has 1 aromatic carbocycles. The van der Waals surface area contributed by atoms with Crippen LogP contribution in [0.5, 0.6) is 0 Å². The van der Waals surface area contributed by atoms with Crippen molar-refractivity contribution in [3.8, 4) is 0 Å². The van der Waals surface area contributed by atoms with Gasteiger partial charge in [-0.2, -0.15) is 0 Å². The van der Waals surface area contributed by atoms with Crippen LogP contribution < -0.4 is 10.6 Å². The van der Waals surface area contributed by atoms with Crippen LogP contribution in [0.1, 0.15) is 38.5 Å². The first kappa shape index (κ1) is 13.7. The molecule has 4 nitrogen and oxygen atoms in total. The average Bonchev–Trinajstić information content (AvgIpc) is 2.65. The monoisotopic (exact) mass is 262 g/mol. The number of hydrogen-bond acceptors (Lipinski definition) is 3. The van der Waals surface area contributed by atoms with E-state index in [2.05, 4.69) is 0 Å². The van der Waals surface area contributed by atoms with Gasteiger partial charge < -0.3 is 15.7 Å². The zero-order valence-electron chi connectivity index (χ0n) is 11.2. The topological polar surface area (TPSA) is 66.6 Å². The molecule has 0 atom stereocenters. The minimum Gasteiger partial charge on any atom is -0.480 e. The lowest BCUT2D eigenvalue weighted by atomic mass is 10.1. The van der Waals surface area contributed by atoms with E-state index in [0.29, 0.717) is 11.7 Å². The van der Waals surface area contributed by atoms with Gasteiger partial charge in [-0.05, 0) is 25.0 Å². The van der Waals surface area contributed by atoms with Crippen LogP contribution in [-0.4, -0.2) is 23.7 Å². The smallest absolute Gasteiger partial charge is 0.323 e. The van der Waals surface area contributed by atoms with Crippen molar-refractivity contribution < 1.29 is 9.90 Å². The third kappa shape index (κ3) is 3.63. The highest BCUT2D eigenvalue weighted by molar-refractivity contribution is 5.77. The van der Waals surface area contributed by atoms with Gasteiger partial charge in [-0.25, -0.2) is 0 Å². The molecule has 0 spiro atoms. The molecular weight excluding hydrogens is 240 g/mol. The predicted octanol–water partition coefficient (Wildman–Crippen LogP) is 2.88. The first-order chi connectivity index (χ1) is 9.18. The Kier molecular flexibility index (Phi) is 4.66. The lowest BCUT2D eigenvalue weighted by Crippen LogP contribution is -2.39. The molecule has 104 valence electrons. The lowest BCUT2D eigenvalue weighted by molar-refractivity contribution is -0.135. The van der Waals surface area contributed by atoms with Gasteiger partial charge in [0.25, 0.3) is 0 Å². The molecule has 19 heavy (non-hydrogen) atoms. The van der Waals surface area contributed by atoms with Crippen LogP contribution in [0.25, 0.3) is 0 Å². The maximum absolute atomic E-state index is 11.1. The third-order valence-corrected chi connectivity index (χ3v) is 3.82. The number of nitrogens with zero attached hydrogens (tertiary/aromatic N) is 1. The van der Waals surface area contributed by atoms with Crippen molar-refractivity contribution in [3.63, 3.8) is 0 Å². The van der Waals surface area contributed by atoms with Crippen molar-refractivity contribution in [1.29, 1.82) is 0 Å². The summed E-state index contributed by atoms with van der Waals surface area (Å²) < 4.78 is 0. The lowest BCUT2D eigenvalue weighted by Gasteiger charge is -2.32. The summed E-state index contributed by atoms with van der Waals surface area (Å²) in [5, 5.41) is 9.15. The molecule has 0 aliphatic heterocycles. The summed E-state index contributed by atoms with van der Waals surface area (Å²) in [5.74, 6) is -0.799. The SMILES string of the molecule is Nc1ccccc1N(CC(=O)O)C1CCCCCC1. The van der Waals surface area contributed by atoms with Crippen LogP contribution in [0.15, 0.2) is 24.3 Å².